The Morgan fingerprint density at radius 1 is 1.37 bits per heavy atom. The molecule has 1 atom stereocenters. The molecule has 0 aromatic carbocycles. The highest BCUT2D eigenvalue weighted by Gasteiger charge is 2.23. The fraction of sp³-hybridized carbons (Fsp3) is 0.667. The van der Waals surface area contributed by atoms with Crippen molar-refractivity contribution in [1.29, 1.82) is 0 Å². The molecule has 0 radical (unpaired) electrons. The summed E-state index contributed by atoms with van der Waals surface area (Å²) < 4.78 is 6.79. The highest BCUT2D eigenvalue weighted by Crippen LogP contribution is 2.21. The smallest absolute Gasteiger partial charge is 0.321 e. The van der Waals surface area contributed by atoms with Crippen LogP contribution in [0.1, 0.15) is 36.3 Å². The predicted octanol–water partition coefficient (Wildman–Crippen LogP) is 1.69. The van der Waals surface area contributed by atoms with Gasteiger partial charge in [-0.3, -0.25) is 9.69 Å². The van der Waals surface area contributed by atoms with Crippen molar-refractivity contribution in [1.82, 2.24) is 24.8 Å². The van der Waals surface area contributed by atoms with Gasteiger partial charge in [0.1, 0.15) is 0 Å². The second-order valence-corrected chi connectivity index (χ2v) is 8.30. The normalized spacial score (nSPS) is 20.4. The number of aromatic nitrogens is 4. The van der Waals surface area contributed by atoms with E-state index in [0.717, 1.165) is 55.2 Å². The molecular formula is C18H26N6O2S. The highest BCUT2D eigenvalue weighted by atomic mass is 32.2. The monoisotopic (exact) mass is 390 g/mol. The van der Waals surface area contributed by atoms with Crippen LogP contribution in [0.3, 0.4) is 0 Å². The van der Waals surface area contributed by atoms with Crippen molar-refractivity contribution in [3.05, 3.63) is 33.5 Å². The maximum absolute atomic E-state index is 12.4. The number of piperidine rings is 1. The van der Waals surface area contributed by atoms with Crippen LogP contribution in [-0.2, 0) is 18.7 Å². The van der Waals surface area contributed by atoms with E-state index in [4.69, 9.17) is 4.52 Å². The van der Waals surface area contributed by atoms with Gasteiger partial charge < -0.3 is 9.84 Å². The quantitative estimate of drug-likeness (QED) is 0.797. The molecule has 0 aliphatic carbocycles. The van der Waals surface area contributed by atoms with E-state index in [1.54, 1.807) is 10.7 Å². The SMILES string of the molecule is Cc1noc(NCC2CCCCN2CCn2nc3c(cc2=O)CSCC3)n1. The maximum Gasteiger partial charge on any atom is 0.321 e. The number of nitrogens with zero attached hydrogens (tertiary/aromatic N) is 5. The van der Waals surface area contributed by atoms with E-state index in [2.05, 4.69) is 25.5 Å². The number of thioether (sulfide) groups is 1. The third-order valence-electron chi connectivity index (χ3n) is 5.27. The summed E-state index contributed by atoms with van der Waals surface area (Å²) in [6.07, 6.45) is 4.50. The number of hydrogen-bond donors (Lipinski definition) is 1. The largest absolute Gasteiger partial charge is 0.336 e. The third kappa shape index (κ3) is 4.52. The first kappa shape index (κ1) is 18.5. The fourth-order valence-electron chi connectivity index (χ4n) is 3.80. The van der Waals surface area contributed by atoms with Gasteiger partial charge in [-0.2, -0.15) is 21.8 Å². The lowest BCUT2D eigenvalue weighted by molar-refractivity contribution is 0.147. The summed E-state index contributed by atoms with van der Waals surface area (Å²) in [4.78, 5) is 19.0. The van der Waals surface area contributed by atoms with Gasteiger partial charge in [0.15, 0.2) is 5.82 Å². The van der Waals surface area contributed by atoms with Crippen LogP contribution in [-0.4, -0.2) is 56.2 Å². The Kier molecular flexibility index (Phi) is 5.77. The minimum absolute atomic E-state index is 0.0178. The van der Waals surface area contributed by atoms with Crippen molar-refractivity contribution in [2.75, 3.05) is 30.7 Å². The zero-order valence-electron chi connectivity index (χ0n) is 15.7. The molecule has 2 aliphatic heterocycles. The van der Waals surface area contributed by atoms with E-state index in [1.807, 2.05) is 18.7 Å². The molecule has 4 heterocycles. The van der Waals surface area contributed by atoms with Gasteiger partial charge in [-0.25, -0.2) is 4.68 Å². The van der Waals surface area contributed by atoms with Crippen molar-refractivity contribution in [2.24, 2.45) is 0 Å². The molecule has 8 nitrogen and oxygen atoms in total. The van der Waals surface area contributed by atoms with Gasteiger partial charge in [0.25, 0.3) is 5.56 Å². The van der Waals surface area contributed by atoms with Gasteiger partial charge in [-0.05, 0) is 37.6 Å². The van der Waals surface area contributed by atoms with Crippen LogP contribution in [0.4, 0.5) is 6.01 Å². The Morgan fingerprint density at radius 3 is 3.15 bits per heavy atom. The van der Waals surface area contributed by atoms with Crippen LogP contribution in [0.25, 0.3) is 0 Å². The molecule has 2 aliphatic rings. The Hall–Kier alpha value is -1.87. The number of nitrogens with one attached hydrogen (secondary N) is 1. The predicted molar refractivity (Wildman–Crippen MR) is 105 cm³/mol. The minimum atomic E-state index is 0.0178. The van der Waals surface area contributed by atoms with E-state index in [-0.39, 0.29) is 5.56 Å². The average molecular weight is 391 g/mol. The summed E-state index contributed by atoms with van der Waals surface area (Å²) in [6, 6.07) is 2.65. The number of rotatable bonds is 6. The zero-order valence-corrected chi connectivity index (χ0v) is 16.5. The first-order valence-electron chi connectivity index (χ1n) is 9.65. The molecule has 9 heteroatoms. The summed E-state index contributed by atoms with van der Waals surface area (Å²) in [6.45, 7) is 5.09. The number of aryl methyl sites for hydroxylation is 2. The molecular weight excluding hydrogens is 364 g/mol. The van der Waals surface area contributed by atoms with Crippen LogP contribution < -0.4 is 10.9 Å². The molecule has 2 aromatic rings. The van der Waals surface area contributed by atoms with Crippen molar-refractivity contribution in [3.63, 3.8) is 0 Å². The summed E-state index contributed by atoms with van der Waals surface area (Å²) in [5, 5.41) is 11.7. The summed E-state index contributed by atoms with van der Waals surface area (Å²) in [7, 11) is 0. The topological polar surface area (TPSA) is 89.1 Å². The van der Waals surface area contributed by atoms with E-state index in [1.165, 1.54) is 12.8 Å². The van der Waals surface area contributed by atoms with Crippen LogP contribution >= 0.6 is 11.8 Å². The third-order valence-corrected chi connectivity index (χ3v) is 6.28. The Morgan fingerprint density at radius 2 is 2.30 bits per heavy atom. The first-order chi connectivity index (χ1) is 13.2. The second kappa shape index (κ2) is 8.43. The van der Waals surface area contributed by atoms with Gasteiger partial charge in [0.2, 0.25) is 0 Å². The van der Waals surface area contributed by atoms with Crippen LogP contribution in [0, 0.1) is 6.92 Å². The Balaban J connectivity index is 1.37. The van der Waals surface area contributed by atoms with Gasteiger partial charge in [-0.1, -0.05) is 11.6 Å². The number of hydrogen-bond acceptors (Lipinski definition) is 8. The van der Waals surface area contributed by atoms with Crippen molar-refractivity contribution < 1.29 is 4.52 Å². The molecule has 1 fully saturated rings. The molecule has 0 spiro atoms. The van der Waals surface area contributed by atoms with Crippen LogP contribution in [0.5, 0.6) is 0 Å². The van der Waals surface area contributed by atoms with Gasteiger partial charge >= 0.3 is 6.01 Å². The summed E-state index contributed by atoms with van der Waals surface area (Å²) in [5.74, 6) is 2.63. The molecule has 27 heavy (non-hydrogen) atoms. The maximum atomic E-state index is 12.4. The zero-order chi connectivity index (χ0) is 18.6. The van der Waals surface area contributed by atoms with E-state index in [0.29, 0.717) is 24.4 Å². The molecule has 0 saturated carbocycles. The lowest BCUT2D eigenvalue weighted by Gasteiger charge is -2.35. The molecule has 1 unspecified atom stereocenters. The van der Waals surface area contributed by atoms with Gasteiger partial charge in [-0.15, -0.1) is 0 Å². The lowest BCUT2D eigenvalue weighted by Crippen LogP contribution is -2.45. The molecule has 4 rings (SSSR count). The van der Waals surface area contributed by atoms with Crippen LogP contribution in [0.15, 0.2) is 15.4 Å². The van der Waals surface area contributed by atoms with E-state index >= 15 is 0 Å². The minimum Gasteiger partial charge on any atom is -0.336 e. The second-order valence-electron chi connectivity index (χ2n) is 7.19. The summed E-state index contributed by atoms with van der Waals surface area (Å²) in [5.41, 5.74) is 2.23. The number of anilines is 1. The van der Waals surface area contributed by atoms with Crippen molar-refractivity contribution in [3.8, 4) is 0 Å². The molecule has 146 valence electrons. The Labute approximate surface area is 162 Å². The number of fused-ring (bicyclic) bond motifs is 1. The lowest BCUT2D eigenvalue weighted by atomic mass is 10.0. The standard InChI is InChI=1S/C18H26N6O2S/c1-13-20-18(26-22-13)19-11-15-4-2-3-6-23(15)7-8-24-17(25)10-14-12-27-9-5-16(14)21-24/h10,15H,2-9,11-12H2,1H3,(H,19,20,22). The molecule has 0 bridgehead atoms. The van der Waals surface area contributed by atoms with Crippen LogP contribution in [0.2, 0.25) is 0 Å². The average Bonchev–Trinajstić information content (AvgIpc) is 3.10. The fourth-order valence-corrected chi connectivity index (χ4v) is 4.75. The van der Waals surface area contributed by atoms with Crippen molar-refractivity contribution in [2.45, 2.75) is 50.9 Å². The summed E-state index contributed by atoms with van der Waals surface area (Å²) >= 11 is 1.87. The first-order valence-corrected chi connectivity index (χ1v) is 10.8. The van der Waals surface area contributed by atoms with Gasteiger partial charge in [0, 0.05) is 37.4 Å². The van der Waals surface area contributed by atoms with Crippen molar-refractivity contribution >= 4 is 17.8 Å². The van der Waals surface area contributed by atoms with E-state index < -0.39 is 0 Å². The molecule has 2 aromatic heterocycles. The molecule has 1 N–H and O–H groups in total. The molecule has 1 saturated heterocycles. The van der Waals surface area contributed by atoms with E-state index in [9.17, 15) is 4.79 Å². The van der Waals surface area contributed by atoms with Gasteiger partial charge in [0.05, 0.1) is 12.2 Å². The Bertz CT molecular complexity index is 835. The molecule has 0 amide bonds. The number of likely N-dealkylation sites (tertiary alicyclic amines) is 1. The highest BCUT2D eigenvalue weighted by molar-refractivity contribution is 7.98.